The molecule has 0 fully saturated rings. The number of amides is 1. The molecule has 2 nitrogen and oxygen atoms in total. The van der Waals surface area contributed by atoms with Gasteiger partial charge < -0.3 is 5.73 Å². The molecule has 0 saturated carbocycles. The van der Waals surface area contributed by atoms with Crippen LogP contribution in [0, 0.1) is 0 Å². The van der Waals surface area contributed by atoms with Crippen molar-refractivity contribution in [2.45, 2.75) is 32.1 Å². The van der Waals surface area contributed by atoms with Crippen molar-refractivity contribution in [3.8, 4) is 0 Å². The maximum absolute atomic E-state index is 10.9. The summed E-state index contributed by atoms with van der Waals surface area (Å²) in [5.74, 6) is 0.0750. The van der Waals surface area contributed by atoms with Crippen LogP contribution >= 0.6 is 0 Å². The lowest BCUT2D eigenvalue weighted by molar-refractivity contribution is -0.118. The summed E-state index contributed by atoms with van der Waals surface area (Å²) >= 11 is 0. The standard InChI is InChI=1S/C12H17NO/c1-2-6-11(9-12(13)14)10-7-4-3-5-8-10/h3-5,7-8,11H,2,6,9H2,1H3,(H2,13,14)/t11-/m0/s1. The zero-order valence-electron chi connectivity index (χ0n) is 8.57. The Balaban J connectivity index is 2.72. The second kappa shape index (κ2) is 5.43. The molecule has 76 valence electrons. The van der Waals surface area contributed by atoms with E-state index >= 15 is 0 Å². The number of carbonyl (C=O) groups is 1. The van der Waals surface area contributed by atoms with Gasteiger partial charge in [-0.15, -0.1) is 0 Å². The van der Waals surface area contributed by atoms with Gasteiger partial charge in [-0.1, -0.05) is 43.7 Å². The van der Waals surface area contributed by atoms with Crippen LogP contribution in [-0.2, 0) is 4.79 Å². The van der Waals surface area contributed by atoms with Crippen molar-refractivity contribution in [1.82, 2.24) is 0 Å². The van der Waals surface area contributed by atoms with Crippen LogP contribution in [0.1, 0.15) is 37.7 Å². The fourth-order valence-electron chi connectivity index (χ4n) is 1.70. The van der Waals surface area contributed by atoms with E-state index in [2.05, 4.69) is 19.1 Å². The lowest BCUT2D eigenvalue weighted by atomic mass is 9.91. The third kappa shape index (κ3) is 3.21. The molecule has 1 rings (SSSR count). The largest absolute Gasteiger partial charge is 0.370 e. The number of benzene rings is 1. The van der Waals surface area contributed by atoms with Crippen molar-refractivity contribution in [2.24, 2.45) is 5.73 Å². The Morgan fingerprint density at radius 2 is 2.00 bits per heavy atom. The molecule has 0 radical (unpaired) electrons. The van der Waals surface area contributed by atoms with Gasteiger partial charge in [0.1, 0.15) is 0 Å². The summed E-state index contributed by atoms with van der Waals surface area (Å²) in [4.78, 5) is 10.9. The molecule has 2 heteroatoms. The lowest BCUT2D eigenvalue weighted by Crippen LogP contribution is -2.15. The first-order valence-electron chi connectivity index (χ1n) is 5.07. The Morgan fingerprint density at radius 1 is 1.36 bits per heavy atom. The van der Waals surface area contributed by atoms with E-state index in [1.807, 2.05) is 18.2 Å². The van der Waals surface area contributed by atoms with Gasteiger partial charge in [-0.05, 0) is 17.9 Å². The van der Waals surface area contributed by atoms with Crippen molar-refractivity contribution >= 4 is 5.91 Å². The second-order valence-corrected chi connectivity index (χ2v) is 3.57. The molecule has 1 atom stereocenters. The molecule has 2 N–H and O–H groups in total. The van der Waals surface area contributed by atoms with E-state index in [9.17, 15) is 4.79 Å². The molecule has 0 aromatic heterocycles. The van der Waals surface area contributed by atoms with Crippen molar-refractivity contribution in [3.05, 3.63) is 35.9 Å². The van der Waals surface area contributed by atoms with Gasteiger partial charge in [0.15, 0.2) is 0 Å². The molecule has 1 aromatic rings. The quantitative estimate of drug-likeness (QED) is 0.763. The van der Waals surface area contributed by atoms with Gasteiger partial charge in [-0.3, -0.25) is 4.79 Å². The van der Waals surface area contributed by atoms with Crippen molar-refractivity contribution in [1.29, 1.82) is 0 Å². The Hall–Kier alpha value is -1.31. The minimum absolute atomic E-state index is 0.215. The summed E-state index contributed by atoms with van der Waals surface area (Å²) in [5.41, 5.74) is 6.44. The predicted octanol–water partition coefficient (Wildman–Crippen LogP) is 2.45. The van der Waals surface area contributed by atoms with Crippen LogP contribution in [0.3, 0.4) is 0 Å². The number of hydrogen-bond acceptors (Lipinski definition) is 1. The highest BCUT2D eigenvalue weighted by molar-refractivity contribution is 5.74. The van der Waals surface area contributed by atoms with Crippen LogP contribution < -0.4 is 5.73 Å². The first kappa shape index (κ1) is 10.8. The number of carbonyl (C=O) groups excluding carboxylic acids is 1. The minimum Gasteiger partial charge on any atom is -0.370 e. The molecular formula is C12H17NO. The summed E-state index contributed by atoms with van der Waals surface area (Å²) in [7, 11) is 0. The third-order valence-electron chi connectivity index (χ3n) is 2.36. The topological polar surface area (TPSA) is 43.1 Å². The van der Waals surface area contributed by atoms with E-state index in [1.54, 1.807) is 0 Å². The summed E-state index contributed by atoms with van der Waals surface area (Å²) in [6, 6.07) is 10.1. The molecule has 0 aliphatic carbocycles. The Bertz CT molecular complexity index is 282. The van der Waals surface area contributed by atoms with Gasteiger partial charge in [0.05, 0.1) is 0 Å². The Kier molecular flexibility index (Phi) is 4.17. The van der Waals surface area contributed by atoms with Gasteiger partial charge >= 0.3 is 0 Å². The van der Waals surface area contributed by atoms with Crippen LogP contribution in [0.4, 0.5) is 0 Å². The van der Waals surface area contributed by atoms with Crippen LogP contribution in [-0.4, -0.2) is 5.91 Å². The predicted molar refractivity (Wildman–Crippen MR) is 57.9 cm³/mol. The molecule has 14 heavy (non-hydrogen) atoms. The third-order valence-corrected chi connectivity index (χ3v) is 2.36. The molecule has 1 aromatic carbocycles. The molecule has 0 spiro atoms. The van der Waals surface area contributed by atoms with E-state index in [0.717, 1.165) is 12.8 Å². The van der Waals surface area contributed by atoms with Crippen LogP contribution in [0.5, 0.6) is 0 Å². The highest BCUT2D eigenvalue weighted by atomic mass is 16.1. The zero-order chi connectivity index (χ0) is 10.4. The summed E-state index contributed by atoms with van der Waals surface area (Å²) in [5, 5.41) is 0. The van der Waals surface area contributed by atoms with Crippen molar-refractivity contribution < 1.29 is 4.79 Å². The minimum atomic E-state index is -0.215. The fourth-order valence-corrected chi connectivity index (χ4v) is 1.70. The van der Waals surface area contributed by atoms with Gasteiger partial charge in [-0.25, -0.2) is 0 Å². The average Bonchev–Trinajstić information content (AvgIpc) is 2.18. The summed E-state index contributed by atoms with van der Waals surface area (Å²) in [6.07, 6.45) is 2.55. The maximum atomic E-state index is 10.9. The molecule has 0 heterocycles. The number of primary amides is 1. The molecule has 0 saturated heterocycles. The normalized spacial score (nSPS) is 12.4. The highest BCUT2D eigenvalue weighted by Crippen LogP contribution is 2.24. The fraction of sp³-hybridized carbons (Fsp3) is 0.417. The summed E-state index contributed by atoms with van der Waals surface area (Å²) < 4.78 is 0. The second-order valence-electron chi connectivity index (χ2n) is 3.57. The van der Waals surface area contributed by atoms with Gasteiger partial charge in [-0.2, -0.15) is 0 Å². The van der Waals surface area contributed by atoms with Crippen LogP contribution in [0.25, 0.3) is 0 Å². The Labute approximate surface area is 85.1 Å². The van der Waals surface area contributed by atoms with Crippen LogP contribution in [0.2, 0.25) is 0 Å². The number of hydrogen-bond donors (Lipinski definition) is 1. The molecule has 0 bridgehead atoms. The monoisotopic (exact) mass is 191 g/mol. The van der Waals surface area contributed by atoms with Crippen molar-refractivity contribution in [3.63, 3.8) is 0 Å². The van der Waals surface area contributed by atoms with Crippen LogP contribution in [0.15, 0.2) is 30.3 Å². The lowest BCUT2D eigenvalue weighted by Gasteiger charge is -2.14. The van der Waals surface area contributed by atoms with E-state index in [4.69, 9.17) is 5.73 Å². The van der Waals surface area contributed by atoms with E-state index in [-0.39, 0.29) is 5.91 Å². The first-order valence-corrected chi connectivity index (χ1v) is 5.07. The molecule has 0 aliphatic heterocycles. The van der Waals surface area contributed by atoms with E-state index < -0.39 is 0 Å². The average molecular weight is 191 g/mol. The Morgan fingerprint density at radius 3 is 2.50 bits per heavy atom. The maximum Gasteiger partial charge on any atom is 0.218 e. The van der Waals surface area contributed by atoms with Gasteiger partial charge in [0, 0.05) is 6.42 Å². The summed E-state index contributed by atoms with van der Waals surface area (Å²) in [6.45, 7) is 2.12. The molecule has 0 aliphatic rings. The molecular weight excluding hydrogens is 174 g/mol. The number of rotatable bonds is 5. The molecule has 1 amide bonds. The SMILES string of the molecule is CCC[C@@H](CC(N)=O)c1ccccc1. The van der Waals surface area contributed by atoms with Crippen molar-refractivity contribution in [2.75, 3.05) is 0 Å². The highest BCUT2D eigenvalue weighted by Gasteiger charge is 2.12. The molecule has 0 unspecified atom stereocenters. The smallest absolute Gasteiger partial charge is 0.218 e. The van der Waals surface area contributed by atoms with Gasteiger partial charge in [0.25, 0.3) is 0 Å². The van der Waals surface area contributed by atoms with E-state index in [1.165, 1.54) is 5.56 Å². The number of nitrogens with two attached hydrogens (primary N) is 1. The zero-order valence-corrected chi connectivity index (χ0v) is 8.57. The first-order chi connectivity index (χ1) is 6.74. The van der Waals surface area contributed by atoms with E-state index in [0.29, 0.717) is 12.3 Å². The van der Waals surface area contributed by atoms with Gasteiger partial charge in [0.2, 0.25) is 5.91 Å².